The van der Waals surface area contributed by atoms with E-state index in [1.54, 1.807) is 24.1 Å². The van der Waals surface area contributed by atoms with Gasteiger partial charge in [-0.2, -0.15) is 0 Å². The average molecular weight is 586 g/mol. The van der Waals surface area contributed by atoms with Crippen molar-refractivity contribution >= 4 is 39.1 Å². The van der Waals surface area contributed by atoms with Gasteiger partial charge in [-0.1, -0.05) is 71.8 Å². The van der Waals surface area contributed by atoms with Gasteiger partial charge in [0.05, 0.1) is 24.1 Å². The molecule has 40 heavy (non-hydrogen) atoms. The molecular weight excluding hydrogens is 550 g/mol. The van der Waals surface area contributed by atoms with Gasteiger partial charge >= 0.3 is 0 Å². The molecule has 0 unspecified atom stereocenters. The minimum atomic E-state index is -3.65. The maximum absolute atomic E-state index is 13.7. The zero-order valence-corrected chi connectivity index (χ0v) is 24.8. The summed E-state index contributed by atoms with van der Waals surface area (Å²) in [6.07, 6.45) is 1.74. The minimum Gasteiger partial charge on any atom is -0.495 e. The zero-order valence-electron chi connectivity index (χ0n) is 23.3. The first-order valence-corrected chi connectivity index (χ1v) is 15.2. The number of hydrogen-bond donors (Lipinski definition) is 1. The quantitative estimate of drug-likeness (QED) is 0.317. The molecule has 8 nitrogen and oxygen atoms in total. The van der Waals surface area contributed by atoms with Crippen LogP contribution in [0.15, 0.2) is 72.8 Å². The monoisotopic (exact) mass is 585 g/mol. The van der Waals surface area contributed by atoms with E-state index in [0.717, 1.165) is 22.9 Å². The van der Waals surface area contributed by atoms with E-state index in [9.17, 15) is 18.0 Å². The number of hydrogen-bond acceptors (Lipinski definition) is 5. The number of nitrogens with zero attached hydrogens (tertiary/aromatic N) is 2. The lowest BCUT2D eigenvalue weighted by Gasteiger charge is -2.31. The highest BCUT2D eigenvalue weighted by Crippen LogP contribution is 2.30. The Morgan fingerprint density at radius 3 is 2.25 bits per heavy atom. The van der Waals surface area contributed by atoms with Gasteiger partial charge in [-0.3, -0.25) is 13.9 Å². The summed E-state index contributed by atoms with van der Waals surface area (Å²) in [4.78, 5) is 28.4. The number of methoxy groups -OCH3 is 1. The fourth-order valence-corrected chi connectivity index (χ4v) is 5.63. The molecule has 10 heteroatoms. The molecule has 3 aromatic carbocycles. The molecule has 0 aliphatic carbocycles. The number of amides is 2. The second kappa shape index (κ2) is 14.2. The summed E-state index contributed by atoms with van der Waals surface area (Å²) in [7, 11) is -0.621. The van der Waals surface area contributed by atoms with Gasteiger partial charge in [-0.05, 0) is 42.7 Å². The molecule has 0 spiro atoms. The minimum absolute atomic E-state index is 0.0457. The molecule has 0 fully saturated rings. The van der Waals surface area contributed by atoms with Crippen molar-refractivity contribution in [2.45, 2.75) is 38.8 Å². The number of carbonyl (C=O) groups excluding carboxylic acids is 2. The molecule has 0 radical (unpaired) electrons. The molecule has 3 aromatic rings. The number of ether oxygens (including phenoxy) is 1. The van der Waals surface area contributed by atoms with Gasteiger partial charge in [0.1, 0.15) is 11.8 Å². The molecule has 0 heterocycles. The highest BCUT2D eigenvalue weighted by Gasteiger charge is 2.30. The summed E-state index contributed by atoms with van der Waals surface area (Å²) in [5.74, 6) is -0.0827. The second-order valence-electron chi connectivity index (χ2n) is 9.58. The number of likely N-dealkylation sites (N-methyl/N-ethyl adjacent to an activating group) is 1. The Balaban J connectivity index is 1.84. The summed E-state index contributed by atoms with van der Waals surface area (Å²) >= 11 is 6.24. The Hall–Kier alpha value is -3.56. The fraction of sp³-hybridized carbons (Fsp3) is 0.333. The van der Waals surface area contributed by atoms with Gasteiger partial charge in [-0.25, -0.2) is 8.42 Å². The lowest BCUT2D eigenvalue weighted by Crippen LogP contribution is -2.49. The SMILES string of the molecule is CNC(=O)[C@H](Cc1ccccc1)N(Cc1ccc(C)cc1)C(=O)CCCN(c1ccc(OC)c(Cl)c1)S(C)(=O)=O. The molecule has 2 amide bonds. The number of sulfonamides is 1. The van der Waals surface area contributed by atoms with Crippen molar-refractivity contribution in [3.63, 3.8) is 0 Å². The van der Waals surface area contributed by atoms with E-state index in [2.05, 4.69) is 5.32 Å². The van der Waals surface area contributed by atoms with E-state index in [1.165, 1.54) is 17.5 Å². The number of benzene rings is 3. The van der Waals surface area contributed by atoms with Gasteiger partial charge in [-0.15, -0.1) is 0 Å². The standard InChI is InChI=1S/C30H36ClN3O5S/c1-22-12-14-24(15-13-22)21-33(27(30(36)32-2)19-23-9-6-5-7-10-23)29(35)11-8-18-34(40(4,37)38)25-16-17-28(39-3)26(31)20-25/h5-7,9-10,12-17,20,27H,8,11,18-19,21H2,1-4H3,(H,32,36)/t27-/m0/s1. The fourth-order valence-electron chi connectivity index (χ4n) is 4.43. The van der Waals surface area contributed by atoms with Gasteiger partial charge in [0.2, 0.25) is 21.8 Å². The van der Waals surface area contributed by atoms with Crippen molar-refractivity contribution in [1.82, 2.24) is 10.2 Å². The highest BCUT2D eigenvalue weighted by atomic mass is 35.5. The lowest BCUT2D eigenvalue weighted by molar-refractivity contribution is -0.141. The zero-order chi connectivity index (χ0) is 29.3. The van der Waals surface area contributed by atoms with E-state index < -0.39 is 16.1 Å². The van der Waals surface area contributed by atoms with Crippen molar-refractivity contribution in [3.05, 3.63) is 94.5 Å². The van der Waals surface area contributed by atoms with Crippen LogP contribution >= 0.6 is 11.6 Å². The Labute approximate surface area is 241 Å². The summed E-state index contributed by atoms with van der Waals surface area (Å²) in [6.45, 7) is 2.29. The molecular formula is C30H36ClN3O5S. The smallest absolute Gasteiger partial charge is 0.242 e. The van der Waals surface area contributed by atoms with Gasteiger partial charge < -0.3 is 15.0 Å². The molecule has 3 rings (SSSR count). The van der Waals surface area contributed by atoms with Crippen LogP contribution in [0.1, 0.15) is 29.5 Å². The third kappa shape index (κ3) is 8.47. The van der Waals surface area contributed by atoms with Crippen LogP contribution < -0.4 is 14.4 Å². The Morgan fingerprint density at radius 2 is 1.68 bits per heavy atom. The molecule has 0 aromatic heterocycles. The molecule has 0 saturated carbocycles. The maximum Gasteiger partial charge on any atom is 0.242 e. The normalized spacial score (nSPS) is 11.9. The van der Waals surface area contributed by atoms with E-state index in [4.69, 9.17) is 16.3 Å². The highest BCUT2D eigenvalue weighted by molar-refractivity contribution is 7.92. The van der Waals surface area contributed by atoms with Crippen LogP contribution in [0, 0.1) is 6.92 Å². The van der Waals surface area contributed by atoms with Crippen molar-refractivity contribution in [3.8, 4) is 5.75 Å². The van der Waals surface area contributed by atoms with Gasteiger partial charge in [0, 0.05) is 33.0 Å². The van der Waals surface area contributed by atoms with Crippen molar-refractivity contribution < 1.29 is 22.7 Å². The number of carbonyl (C=O) groups is 2. The van der Waals surface area contributed by atoms with Gasteiger partial charge in [0.15, 0.2) is 0 Å². The van der Waals surface area contributed by atoms with Crippen LogP contribution in [0.5, 0.6) is 5.75 Å². The molecule has 1 atom stereocenters. The van der Waals surface area contributed by atoms with Crippen LogP contribution in [-0.4, -0.2) is 58.1 Å². The third-order valence-corrected chi connectivity index (χ3v) is 8.06. The van der Waals surface area contributed by atoms with E-state index in [1.807, 2.05) is 61.5 Å². The molecule has 0 bridgehead atoms. The average Bonchev–Trinajstić information content (AvgIpc) is 2.93. The summed E-state index contributed by atoms with van der Waals surface area (Å²) in [5.41, 5.74) is 3.29. The molecule has 0 aliphatic rings. The van der Waals surface area contributed by atoms with Crippen LogP contribution in [0.25, 0.3) is 0 Å². The van der Waals surface area contributed by atoms with Crippen LogP contribution in [0.4, 0.5) is 5.69 Å². The van der Waals surface area contributed by atoms with Crippen molar-refractivity contribution in [2.75, 3.05) is 31.3 Å². The molecule has 0 saturated heterocycles. The first kappa shape index (κ1) is 31.0. The van der Waals surface area contributed by atoms with Crippen LogP contribution in [0.3, 0.4) is 0 Å². The first-order chi connectivity index (χ1) is 19.0. The topological polar surface area (TPSA) is 96.0 Å². The molecule has 0 aliphatic heterocycles. The summed E-state index contributed by atoms with van der Waals surface area (Å²) in [6, 6.07) is 21.3. The number of nitrogens with one attached hydrogen (secondary N) is 1. The summed E-state index contributed by atoms with van der Waals surface area (Å²) < 4.78 is 31.6. The molecule has 1 N–H and O–H groups in total. The largest absolute Gasteiger partial charge is 0.495 e. The van der Waals surface area contributed by atoms with Crippen LogP contribution in [0.2, 0.25) is 5.02 Å². The maximum atomic E-state index is 13.7. The van der Waals surface area contributed by atoms with E-state index in [-0.39, 0.29) is 42.8 Å². The number of aryl methyl sites for hydroxylation is 1. The number of anilines is 1. The van der Waals surface area contributed by atoms with Crippen LogP contribution in [-0.2, 0) is 32.6 Å². The van der Waals surface area contributed by atoms with E-state index in [0.29, 0.717) is 17.9 Å². The predicted octanol–water partition coefficient (Wildman–Crippen LogP) is 4.59. The Bertz CT molecular complexity index is 1400. The number of rotatable bonds is 13. The predicted molar refractivity (Wildman–Crippen MR) is 159 cm³/mol. The van der Waals surface area contributed by atoms with Crippen molar-refractivity contribution in [1.29, 1.82) is 0 Å². The molecule has 214 valence electrons. The Kier molecular flexibility index (Phi) is 11.0. The number of halogens is 1. The van der Waals surface area contributed by atoms with E-state index >= 15 is 0 Å². The summed E-state index contributed by atoms with van der Waals surface area (Å²) in [5, 5.41) is 2.98. The third-order valence-electron chi connectivity index (χ3n) is 6.57. The van der Waals surface area contributed by atoms with Crippen molar-refractivity contribution in [2.24, 2.45) is 0 Å². The Morgan fingerprint density at radius 1 is 1.00 bits per heavy atom. The van der Waals surface area contributed by atoms with Gasteiger partial charge in [0.25, 0.3) is 0 Å². The first-order valence-electron chi connectivity index (χ1n) is 12.9. The second-order valence-corrected chi connectivity index (χ2v) is 11.9. The lowest BCUT2D eigenvalue weighted by atomic mass is 10.0.